The van der Waals surface area contributed by atoms with Crippen molar-refractivity contribution in [3.8, 4) is 0 Å². The number of rotatable bonds is 5. The van der Waals surface area contributed by atoms with E-state index in [1.807, 2.05) is 0 Å². The van der Waals surface area contributed by atoms with E-state index in [0.717, 1.165) is 6.92 Å². The van der Waals surface area contributed by atoms with Crippen molar-refractivity contribution in [1.29, 1.82) is 0 Å². The minimum atomic E-state index is -2.09. The third kappa shape index (κ3) is 3.29. The maximum atomic E-state index is 11.8. The van der Waals surface area contributed by atoms with Crippen LogP contribution in [0, 0.1) is 0 Å². The van der Waals surface area contributed by atoms with E-state index in [2.05, 4.69) is 0 Å². The molecule has 0 aliphatic carbocycles. The third-order valence-electron chi connectivity index (χ3n) is 2.36. The number of aliphatic hydroxyl groups is 1. The van der Waals surface area contributed by atoms with Crippen LogP contribution in [-0.2, 0) is 14.4 Å². The molecule has 3 N–H and O–H groups in total. The molecule has 0 fully saturated rings. The molecule has 0 saturated heterocycles. The molecule has 19 heavy (non-hydrogen) atoms. The van der Waals surface area contributed by atoms with Crippen molar-refractivity contribution in [3.05, 3.63) is 30.3 Å². The summed E-state index contributed by atoms with van der Waals surface area (Å²) in [5, 5.41) is 27.2. The van der Waals surface area contributed by atoms with Crippen LogP contribution in [0.2, 0.25) is 0 Å². The number of hydrogen-bond acceptors (Lipinski definition) is 4. The predicted octanol–water partition coefficient (Wildman–Crippen LogP) is -0.0618. The average molecular weight is 267 g/mol. The van der Waals surface area contributed by atoms with Crippen LogP contribution in [0.3, 0.4) is 0 Å². The van der Waals surface area contributed by atoms with Gasteiger partial charge in [-0.05, 0) is 19.1 Å². The minimum Gasteiger partial charge on any atom is -0.479 e. The molecule has 1 aromatic carbocycles. The monoisotopic (exact) mass is 267 g/mol. The number of carboxylic acid groups (broad SMARTS) is 2. The number of aliphatic hydroxyl groups excluding tert-OH is 1. The second-order valence-electron chi connectivity index (χ2n) is 3.80. The van der Waals surface area contributed by atoms with E-state index in [9.17, 15) is 19.5 Å². The van der Waals surface area contributed by atoms with Crippen molar-refractivity contribution in [2.24, 2.45) is 0 Å². The van der Waals surface area contributed by atoms with Gasteiger partial charge in [0.1, 0.15) is 6.10 Å². The molecule has 0 aliphatic heterocycles. The standard InChI is InChI=1S/C12H13NO6/c1-7(14)10(15)13(8-5-3-2-4-6-8)9(11(16)17)12(18)19/h2-7,9,14H,1H3,(H,16,17)(H,18,19). The number of carbonyl (C=O) groups excluding carboxylic acids is 1. The predicted molar refractivity (Wildman–Crippen MR) is 64.7 cm³/mol. The van der Waals surface area contributed by atoms with E-state index < -0.39 is 30.0 Å². The van der Waals surface area contributed by atoms with Crippen LogP contribution < -0.4 is 4.90 Å². The molecule has 0 bridgehead atoms. The molecule has 0 aliphatic rings. The summed E-state index contributed by atoms with van der Waals surface area (Å²) in [5.74, 6) is -4.38. The van der Waals surface area contributed by atoms with Crippen LogP contribution in [0.15, 0.2) is 30.3 Å². The first-order valence-electron chi connectivity index (χ1n) is 5.38. The summed E-state index contributed by atoms with van der Waals surface area (Å²) in [4.78, 5) is 34.4. The molecule has 0 radical (unpaired) electrons. The summed E-state index contributed by atoms with van der Waals surface area (Å²) in [7, 11) is 0. The fourth-order valence-electron chi connectivity index (χ4n) is 1.52. The van der Waals surface area contributed by atoms with Crippen LogP contribution in [0.25, 0.3) is 0 Å². The maximum Gasteiger partial charge on any atom is 0.338 e. The van der Waals surface area contributed by atoms with Gasteiger partial charge in [-0.15, -0.1) is 0 Å². The van der Waals surface area contributed by atoms with E-state index in [1.54, 1.807) is 6.07 Å². The van der Waals surface area contributed by atoms with Crippen LogP contribution in [-0.4, -0.2) is 45.3 Å². The van der Waals surface area contributed by atoms with Crippen LogP contribution in [0.5, 0.6) is 0 Å². The quantitative estimate of drug-likeness (QED) is 0.644. The van der Waals surface area contributed by atoms with Crippen molar-refractivity contribution < 1.29 is 29.7 Å². The lowest BCUT2D eigenvalue weighted by Gasteiger charge is -2.27. The molecule has 1 rings (SSSR count). The highest BCUT2D eigenvalue weighted by atomic mass is 16.4. The van der Waals surface area contributed by atoms with Crippen LogP contribution in [0.1, 0.15) is 6.92 Å². The number of anilines is 1. The summed E-state index contributed by atoms with van der Waals surface area (Å²) < 4.78 is 0. The SMILES string of the molecule is CC(O)C(=O)N(c1ccccc1)C(C(=O)O)C(=O)O. The fraction of sp³-hybridized carbons (Fsp3) is 0.250. The molecule has 0 aromatic heterocycles. The lowest BCUT2D eigenvalue weighted by atomic mass is 10.1. The number of aliphatic carboxylic acids is 2. The van der Waals surface area contributed by atoms with Crippen molar-refractivity contribution in [2.75, 3.05) is 4.90 Å². The first-order valence-corrected chi connectivity index (χ1v) is 5.38. The van der Waals surface area contributed by atoms with Crippen molar-refractivity contribution >= 4 is 23.5 Å². The van der Waals surface area contributed by atoms with Crippen molar-refractivity contribution in [2.45, 2.75) is 19.1 Å². The van der Waals surface area contributed by atoms with Gasteiger partial charge in [0.05, 0.1) is 0 Å². The summed E-state index contributed by atoms with van der Waals surface area (Å²) in [6.07, 6.45) is -1.51. The number of para-hydroxylation sites is 1. The summed E-state index contributed by atoms with van der Waals surface area (Å²) in [6.45, 7) is 1.14. The van der Waals surface area contributed by atoms with E-state index >= 15 is 0 Å². The lowest BCUT2D eigenvalue weighted by Crippen LogP contribution is -2.53. The number of hydrogen-bond donors (Lipinski definition) is 3. The van der Waals surface area contributed by atoms with Gasteiger partial charge >= 0.3 is 11.9 Å². The number of carbonyl (C=O) groups is 3. The highest BCUT2D eigenvalue weighted by Crippen LogP contribution is 2.18. The molecular formula is C12H13NO6. The van der Waals surface area contributed by atoms with Gasteiger partial charge in [-0.2, -0.15) is 0 Å². The van der Waals surface area contributed by atoms with Crippen LogP contribution in [0.4, 0.5) is 5.69 Å². The Hall–Kier alpha value is -2.41. The van der Waals surface area contributed by atoms with Gasteiger partial charge in [0.15, 0.2) is 0 Å². The topological polar surface area (TPSA) is 115 Å². The number of amides is 1. The molecule has 7 nitrogen and oxygen atoms in total. The van der Waals surface area contributed by atoms with E-state index in [1.165, 1.54) is 24.3 Å². The zero-order valence-electron chi connectivity index (χ0n) is 10.1. The molecular weight excluding hydrogens is 254 g/mol. The molecule has 7 heteroatoms. The smallest absolute Gasteiger partial charge is 0.338 e. The van der Waals surface area contributed by atoms with Gasteiger partial charge in [-0.1, -0.05) is 18.2 Å². The molecule has 1 amide bonds. The van der Waals surface area contributed by atoms with Gasteiger partial charge in [-0.25, -0.2) is 9.59 Å². The first kappa shape index (κ1) is 14.7. The Kier molecular flexibility index (Phi) is 4.60. The maximum absolute atomic E-state index is 11.8. The Balaban J connectivity index is 3.30. The molecule has 1 unspecified atom stereocenters. The Morgan fingerprint density at radius 2 is 1.53 bits per heavy atom. The second-order valence-corrected chi connectivity index (χ2v) is 3.80. The third-order valence-corrected chi connectivity index (χ3v) is 2.36. The Morgan fingerprint density at radius 3 is 1.89 bits per heavy atom. The largest absolute Gasteiger partial charge is 0.479 e. The molecule has 0 saturated carbocycles. The number of nitrogens with zero attached hydrogens (tertiary/aromatic N) is 1. The average Bonchev–Trinajstić information content (AvgIpc) is 2.34. The fourth-order valence-corrected chi connectivity index (χ4v) is 1.52. The highest BCUT2D eigenvalue weighted by molar-refractivity contribution is 6.10. The highest BCUT2D eigenvalue weighted by Gasteiger charge is 2.38. The summed E-state index contributed by atoms with van der Waals surface area (Å²) >= 11 is 0. The molecule has 102 valence electrons. The van der Waals surface area contributed by atoms with Gasteiger partial charge in [0.2, 0.25) is 6.04 Å². The second kappa shape index (κ2) is 5.96. The summed E-state index contributed by atoms with van der Waals surface area (Å²) in [5.41, 5.74) is 0.0863. The molecule has 1 aromatic rings. The molecule has 1 atom stereocenters. The normalized spacial score (nSPS) is 11.9. The van der Waals surface area contributed by atoms with Gasteiger partial charge < -0.3 is 15.3 Å². The zero-order valence-corrected chi connectivity index (χ0v) is 10.1. The lowest BCUT2D eigenvalue weighted by molar-refractivity contribution is -0.151. The van der Waals surface area contributed by atoms with E-state index in [0.29, 0.717) is 4.90 Å². The van der Waals surface area contributed by atoms with Gasteiger partial charge in [0.25, 0.3) is 5.91 Å². The Labute approximate surface area is 108 Å². The molecule has 0 spiro atoms. The van der Waals surface area contributed by atoms with Crippen molar-refractivity contribution in [3.63, 3.8) is 0 Å². The summed E-state index contributed by atoms with van der Waals surface area (Å²) in [6, 6.07) is 5.37. The van der Waals surface area contributed by atoms with Crippen LogP contribution >= 0.6 is 0 Å². The van der Waals surface area contributed by atoms with Gasteiger partial charge in [-0.3, -0.25) is 9.69 Å². The minimum absolute atomic E-state index is 0.0863. The molecule has 0 heterocycles. The number of benzene rings is 1. The van der Waals surface area contributed by atoms with Crippen molar-refractivity contribution in [1.82, 2.24) is 0 Å². The first-order chi connectivity index (χ1) is 8.86. The van der Waals surface area contributed by atoms with E-state index in [-0.39, 0.29) is 5.69 Å². The zero-order chi connectivity index (χ0) is 14.6. The van der Waals surface area contributed by atoms with E-state index in [4.69, 9.17) is 10.2 Å². The number of carboxylic acids is 2. The Bertz CT molecular complexity index is 470. The van der Waals surface area contributed by atoms with Gasteiger partial charge in [0, 0.05) is 5.69 Å². The Morgan fingerprint density at radius 1 is 1.05 bits per heavy atom.